The van der Waals surface area contributed by atoms with Gasteiger partial charge in [-0.2, -0.15) is 9.61 Å². The third kappa shape index (κ3) is 2.76. The molecular formula is C17H11ClN4S. The summed E-state index contributed by atoms with van der Waals surface area (Å²) in [4.78, 5) is 0.766. The van der Waals surface area contributed by atoms with Crippen LogP contribution >= 0.6 is 22.9 Å². The first kappa shape index (κ1) is 14.1. The first-order valence-electron chi connectivity index (χ1n) is 7.01. The SMILES string of the molecule is Clc1ccccc1/C=C/c1nn2c(-c3ccccc3)nnc2s1. The zero-order chi connectivity index (χ0) is 15.6. The van der Waals surface area contributed by atoms with Crippen molar-refractivity contribution < 1.29 is 0 Å². The van der Waals surface area contributed by atoms with Crippen LogP contribution in [0.4, 0.5) is 0 Å². The van der Waals surface area contributed by atoms with Gasteiger partial charge >= 0.3 is 0 Å². The molecule has 2 aromatic carbocycles. The highest BCUT2D eigenvalue weighted by Crippen LogP contribution is 2.23. The van der Waals surface area contributed by atoms with Gasteiger partial charge in [-0.1, -0.05) is 77.5 Å². The molecule has 0 N–H and O–H groups in total. The summed E-state index contributed by atoms with van der Waals surface area (Å²) in [5.74, 6) is 0.745. The third-order valence-electron chi connectivity index (χ3n) is 3.35. The fourth-order valence-corrected chi connectivity index (χ4v) is 3.18. The van der Waals surface area contributed by atoms with E-state index in [-0.39, 0.29) is 0 Å². The Balaban J connectivity index is 1.71. The van der Waals surface area contributed by atoms with Crippen LogP contribution in [0.5, 0.6) is 0 Å². The molecule has 0 aliphatic heterocycles. The molecule has 0 aliphatic carbocycles. The van der Waals surface area contributed by atoms with Crippen LogP contribution in [0.15, 0.2) is 54.6 Å². The minimum Gasteiger partial charge on any atom is -0.182 e. The molecule has 0 aliphatic rings. The fourth-order valence-electron chi connectivity index (χ4n) is 2.24. The molecule has 0 radical (unpaired) electrons. The van der Waals surface area contributed by atoms with Crippen LogP contribution in [-0.4, -0.2) is 19.8 Å². The van der Waals surface area contributed by atoms with Crippen molar-refractivity contribution in [2.75, 3.05) is 0 Å². The van der Waals surface area contributed by atoms with Gasteiger partial charge in [-0.05, 0) is 17.7 Å². The lowest BCUT2D eigenvalue weighted by Crippen LogP contribution is -1.90. The summed E-state index contributed by atoms with van der Waals surface area (Å²) in [5.41, 5.74) is 1.95. The highest BCUT2D eigenvalue weighted by molar-refractivity contribution is 7.17. The molecule has 4 nitrogen and oxygen atoms in total. The Morgan fingerprint density at radius 3 is 2.52 bits per heavy atom. The number of rotatable bonds is 3. The number of fused-ring (bicyclic) bond motifs is 1. The topological polar surface area (TPSA) is 43.1 Å². The highest BCUT2D eigenvalue weighted by atomic mass is 35.5. The van der Waals surface area contributed by atoms with Crippen LogP contribution in [0.25, 0.3) is 28.5 Å². The van der Waals surface area contributed by atoms with Crippen molar-refractivity contribution in [2.45, 2.75) is 0 Å². The zero-order valence-electron chi connectivity index (χ0n) is 11.9. The first-order valence-corrected chi connectivity index (χ1v) is 8.21. The number of aromatic nitrogens is 4. The van der Waals surface area contributed by atoms with Crippen LogP contribution in [0.1, 0.15) is 10.6 Å². The van der Waals surface area contributed by atoms with E-state index in [1.54, 1.807) is 4.52 Å². The van der Waals surface area contributed by atoms with E-state index in [0.717, 1.165) is 31.9 Å². The van der Waals surface area contributed by atoms with Crippen LogP contribution in [0, 0.1) is 0 Å². The van der Waals surface area contributed by atoms with Crippen LogP contribution < -0.4 is 0 Å². The molecule has 112 valence electrons. The maximum Gasteiger partial charge on any atom is 0.235 e. The monoisotopic (exact) mass is 338 g/mol. The second kappa shape index (κ2) is 5.95. The Kier molecular flexibility index (Phi) is 3.65. The van der Waals surface area contributed by atoms with Crippen LogP contribution in [0.2, 0.25) is 5.02 Å². The summed E-state index contributed by atoms with van der Waals surface area (Å²) in [7, 11) is 0. The van der Waals surface area contributed by atoms with Crippen LogP contribution in [0.3, 0.4) is 0 Å². The van der Waals surface area contributed by atoms with Crippen molar-refractivity contribution in [2.24, 2.45) is 0 Å². The molecule has 2 heterocycles. The lowest BCUT2D eigenvalue weighted by atomic mass is 10.2. The van der Waals surface area contributed by atoms with Crippen molar-refractivity contribution in [3.8, 4) is 11.4 Å². The normalized spacial score (nSPS) is 11.5. The van der Waals surface area contributed by atoms with Crippen molar-refractivity contribution in [1.29, 1.82) is 0 Å². The number of hydrogen-bond acceptors (Lipinski definition) is 4. The van der Waals surface area contributed by atoms with Gasteiger partial charge in [0.2, 0.25) is 4.96 Å². The van der Waals surface area contributed by atoms with Gasteiger partial charge in [0.05, 0.1) is 0 Å². The van der Waals surface area contributed by atoms with E-state index >= 15 is 0 Å². The Labute approximate surface area is 141 Å². The number of hydrogen-bond donors (Lipinski definition) is 0. The van der Waals surface area contributed by atoms with Gasteiger partial charge in [-0.3, -0.25) is 0 Å². The van der Waals surface area contributed by atoms with Crippen LogP contribution in [-0.2, 0) is 0 Å². The highest BCUT2D eigenvalue weighted by Gasteiger charge is 2.11. The number of nitrogens with zero attached hydrogens (tertiary/aromatic N) is 4. The second-order valence-electron chi connectivity index (χ2n) is 4.88. The molecule has 0 spiro atoms. The van der Waals surface area contributed by atoms with Gasteiger partial charge in [-0.25, -0.2) is 0 Å². The smallest absolute Gasteiger partial charge is 0.182 e. The van der Waals surface area contributed by atoms with Gasteiger partial charge in [0, 0.05) is 10.6 Å². The lowest BCUT2D eigenvalue weighted by molar-refractivity contribution is 0.960. The van der Waals surface area contributed by atoms with E-state index in [0.29, 0.717) is 0 Å². The van der Waals surface area contributed by atoms with Crippen molar-refractivity contribution in [3.63, 3.8) is 0 Å². The molecule has 0 bridgehead atoms. The Morgan fingerprint density at radius 2 is 1.70 bits per heavy atom. The first-order chi connectivity index (χ1) is 11.3. The average molecular weight is 339 g/mol. The van der Waals surface area contributed by atoms with E-state index in [1.165, 1.54) is 11.3 Å². The molecule has 0 atom stereocenters. The standard InChI is InChI=1S/C17H11ClN4S/c18-14-9-5-4-6-12(14)10-11-15-21-22-16(19-20-17(22)23-15)13-7-2-1-3-8-13/h1-11H/b11-10+. The molecule has 6 heteroatoms. The minimum absolute atomic E-state index is 0.719. The van der Waals surface area contributed by atoms with E-state index in [9.17, 15) is 0 Å². The quantitative estimate of drug-likeness (QED) is 0.545. The Hall–Kier alpha value is -2.50. The molecule has 2 aromatic heterocycles. The van der Waals surface area contributed by atoms with Gasteiger partial charge in [0.15, 0.2) is 5.82 Å². The van der Waals surface area contributed by atoms with E-state index in [1.807, 2.05) is 66.7 Å². The second-order valence-corrected chi connectivity index (χ2v) is 6.27. The average Bonchev–Trinajstić information content (AvgIpc) is 3.15. The minimum atomic E-state index is 0.719. The summed E-state index contributed by atoms with van der Waals surface area (Å²) < 4.78 is 1.77. The molecule has 23 heavy (non-hydrogen) atoms. The lowest BCUT2D eigenvalue weighted by Gasteiger charge is -1.95. The molecule has 0 saturated carbocycles. The molecule has 0 unspecified atom stereocenters. The Morgan fingerprint density at radius 1 is 0.913 bits per heavy atom. The summed E-state index contributed by atoms with van der Waals surface area (Å²) in [6, 6.07) is 17.6. The molecule has 4 aromatic rings. The van der Waals surface area contributed by atoms with Gasteiger partial charge in [-0.15, -0.1) is 10.2 Å². The predicted molar refractivity (Wildman–Crippen MR) is 94.5 cm³/mol. The van der Waals surface area contributed by atoms with Gasteiger partial charge in [0.1, 0.15) is 5.01 Å². The van der Waals surface area contributed by atoms with Gasteiger partial charge < -0.3 is 0 Å². The van der Waals surface area contributed by atoms with E-state index in [4.69, 9.17) is 11.6 Å². The van der Waals surface area contributed by atoms with E-state index in [2.05, 4.69) is 15.3 Å². The molecule has 0 fully saturated rings. The maximum atomic E-state index is 6.16. The Bertz CT molecular complexity index is 988. The largest absolute Gasteiger partial charge is 0.235 e. The molecular weight excluding hydrogens is 328 g/mol. The molecule has 0 saturated heterocycles. The maximum absolute atomic E-state index is 6.16. The summed E-state index contributed by atoms with van der Waals surface area (Å²) >= 11 is 7.64. The summed E-state index contributed by atoms with van der Waals surface area (Å²) in [6.07, 6.45) is 3.89. The number of benzene rings is 2. The van der Waals surface area contributed by atoms with E-state index < -0.39 is 0 Å². The third-order valence-corrected chi connectivity index (χ3v) is 4.56. The molecule has 4 rings (SSSR count). The summed E-state index contributed by atoms with van der Waals surface area (Å²) in [6.45, 7) is 0. The van der Waals surface area contributed by atoms with Crippen molar-refractivity contribution >= 4 is 40.1 Å². The van der Waals surface area contributed by atoms with Gasteiger partial charge in [0.25, 0.3) is 0 Å². The zero-order valence-corrected chi connectivity index (χ0v) is 13.5. The fraction of sp³-hybridized carbons (Fsp3) is 0. The predicted octanol–water partition coefficient (Wildman–Crippen LogP) is 4.68. The molecule has 0 amide bonds. The summed E-state index contributed by atoms with van der Waals surface area (Å²) in [5, 5.41) is 14.6. The van der Waals surface area contributed by atoms with Crippen molar-refractivity contribution in [3.05, 3.63) is 70.2 Å². The number of halogens is 1. The van der Waals surface area contributed by atoms with Crippen molar-refractivity contribution in [1.82, 2.24) is 19.8 Å².